The van der Waals surface area contributed by atoms with Crippen molar-refractivity contribution >= 4 is 28.4 Å². The van der Waals surface area contributed by atoms with Crippen LogP contribution in [0.25, 0.3) is 11.6 Å². The molecule has 0 amide bonds. The third kappa shape index (κ3) is 3.40. The second kappa shape index (κ2) is 6.27. The third-order valence-electron chi connectivity index (χ3n) is 2.49. The molecule has 0 bridgehead atoms. The van der Waals surface area contributed by atoms with E-state index < -0.39 is 0 Å². The van der Waals surface area contributed by atoms with Crippen LogP contribution in [0.2, 0.25) is 0 Å². The fraction of sp³-hybridized carbons (Fsp3) is 0.500. The van der Waals surface area contributed by atoms with Gasteiger partial charge in [0.15, 0.2) is 11.6 Å². The lowest BCUT2D eigenvalue weighted by Gasteiger charge is -2.12. The molecule has 0 aromatic carbocycles. The molecule has 102 valence electrons. The van der Waals surface area contributed by atoms with Crippen LogP contribution < -0.4 is 5.32 Å². The second-order valence-corrected chi connectivity index (χ2v) is 5.70. The standard InChI is InChI=1S/C12H17IN6/c1-4-14-10-9(13)8(5-7(2)3)17-12(18-10)11-15-6-16-19-11/h6-7H,4-5H2,1-3H3,(H,14,17,18)(H,15,16,19). The molecule has 0 fully saturated rings. The van der Waals surface area contributed by atoms with Crippen LogP contribution >= 0.6 is 22.6 Å². The van der Waals surface area contributed by atoms with Gasteiger partial charge in [-0.05, 0) is 41.9 Å². The Morgan fingerprint density at radius 1 is 1.37 bits per heavy atom. The number of halogens is 1. The number of aromatic nitrogens is 5. The minimum absolute atomic E-state index is 0.542. The summed E-state index contributed by atoms with van der Waals surface area (Å²) in [7, 11) is 0. The first-order valence-electron chi connectivity index (χ1n) is 6.27. The van der Waals surface area contributed by atoms with E-state index in [9.17, 15) is 0 Å². The number of H-pyrrole nitrogens is 1. The van der Waals surface area contributed by atoms with Gasteiger partial charge < -0.3 is 5.32 Å². The molecular weight excluding hydrogens is 355 g/mol. The van der Waals surface area contributed by atoms with E-state index in [0.29, 0.717) is 17.6 Å². The average Bonchev–Trinajstić information content (AvgIpc) is 2.87. The Balaban J connectivity index is 2.47. The highest BCUT2D eigenvalue weighted by atomic mass is 127. The number of anilines is 1. The third-order valence-corrected chi connectivity index (χ3v) is 3.63. The van der Waals surface area contributed by atoms with Gasteiger partial charge in [0, 0.05) is 6.54 Å². The maximum Gasteiger partial charge on any atom is 0.199 e. The van der Waals surface area contributed by atoms with Gasteiger partial charge in [-0.25, -0.2) is 15.0 Å². The fourth-order valence-corrected chi connectivity index (χ4v) is 2.37. The smallest absolute Gasteiger partial charge is 0.199 e. The fourth-order valence-electron chi connectivity index (χ4n) is 1.72. The number of nitrogens with one attached hydrogen (secondary N) is 2. The van der Waals surface area contributed by atoms with Crippen LogP contribution in [0.15, 0.2) is 6.33 Å². The molecule has 0 radical (unpaired) electrons. The minimum Gasteiger partial charge on any atom is -0.369 e. The Labute approximate surface area is 126 Å². The van der Waals surface area contributed by atoms with Crippen molar-refractivity contribution in [1.29, 1.82) is 0 Å². The summed E-state index contributed by atoms with van der Waals surface area (Å²) in [6.45, 7) is 7.23. The quantitative estimate of drug-likeness (QED) is 0.789. The Morgan fingerprint density at radius 2 is 2.16 bits per heavy atom. The molecule has 19 heavy (non-hydrogen) atoms. The predicted molar refractivity (Wildman–Crippen MR) is 82.8 cm³/mol. The van der Waals surface area contributed by atoms with Crippen molar-refractivity contribution < 1.29 is 0 Å². The molecule has 0 atom stereocenters. The molecule has 0 aliphatic heterocycles. The number of aromatic amines is 1. The molecule has 2 heterocycles. The van der Waals surface area contributed by atoms with Crippen LogP contribution in [0.4, 0.5) is 5.82 Å². The van der Waals surface area contributed by atoms with Crippen LogP contribution in [0.1, 0.15) is 26.5 Å². The zero-order valence-electron chi connectivity index (χ0n) is 11.2. The summed E-state index contributed by atoms with van der Waals surface area (Å²) in [5.74, 6) is 2.59. The van der Waals surface area contributed by atoms with Gasteiger partial charge in [-0.3, -0.25) is 5.10 Å². The van der Waals surface area contributed by atoms with Gasteiger partial charge >= 0.3 is 0 Å². The molecular formula is C12H17IN6. The minimum atomic E-state index is 0.542. The van der Waals surface area contributed by atoms with E-state index in [-0.39, 0.29) is 0 Å². The van der Waals surface area contributed by atoms with E-state index in [1.807, 2.05) is 0 Å². The lowest BCUT2D eigenvalue weighted by Crippen LogP contribution is -2.10. The van der Waals surface area contributed by atoms with Crippen molar-refractivity contribution in [3.8, 4) is 11.6 Å². The highest BCUT2D eigenvalue weighted by Gasteiger charge is 2.15. The molecule has 2 rings (SSSR count). The summed E-state index contributed by atoms with van der Waals surface area (Å²) in [5.41, 5.74) is 1.05. The van der Waals surface area contributed by atoms with Gasteiger partial charge in [0.25, 0.3) is 0 Å². The first-order chi connectivity index (χ1) is 9.11. The van der Waals surface area contributed by atoms with Crippen molar-refractivity contribution in [3.05, 3.63) is 15.6 Å². The molecule has 0 saturated carbocycles. The molecule has 0 unspecified atom stereocenters. The highest BCUT2D eigenvalue weighted by Crippen LogP contribution is 2.24. The largest absolute Gasteiger partial charge is 0.369 e. The van der Waals surface area contributed by atoms with Gasteiger partial charge in [-0.1, -0.05) is 13.8 Å². The Kier molecular flexibility index (Phi) is 4.67. The summed E-state index contributed by atoms with van der Waals surface area (Å²) < 4.78 is 1.08. The van der Waals surface area contributed by atoms with Crippen LogP contribution in [-0.4, -0.2) is 31.7 Å². The average molecular weight is 372 g/mol. The number of nitrogens with zero attached hydrogens (tertiary/aromatic N) is 4. The SMILES string of the molecule is CCNc1nc(-c2ncn[nH]2)nc(CC(C)C)c1I. The molecule has 7 heteroatoms. The summed E-state index contributed by atoms with van der Waals surface area (Å²) in [6, 6.07) is 0. The predicted octanol–water partition coefficient (Wildman–Crippen LogP) is 2.50. The summed E-state index contributed by atoms with van der Waals surface area (Å²) in [6.07, 6.45) is 2.38. The van der Waals surface area contributed by atoms with E-state index in [1.54, 1.807) is 0 Å². The molecule has 2 N–H and O–H groups in total. The second-order valence-electron chi connectivity index (χ2n) is 4.62. The van der Waals surface area contributed by atoms with E-state index in [4.69, 9.17) is 0 Å². The summed E-state index contributed by atoms with van der Waals surface area (Å²) in [5, 5.41) is 9.93. The normalized spacial score (nSPS) is 11.0. The van der Waals surface area contributed by atoms with Gasteiger partial charge in [-0.2, -0.15) is 5.10 Å². The van der Waals surface area contributed by atoms with Crippen molar-refractivity contribution in [2.24, 2.45) is 5.92 Å². The van der Waals surface area contributed by atoms with Crippen LogP contribution in [0.5, 0.6) is 0 Å². The topological polar surface area (TPSA) is 79.4 Å². The van der Waals surface area contributed by atoms with E-state index in [1.165, 1.54) is 6.33 Å². The maximum absolute atomic E-state index is 4.61. The van der Waals surface area contributed by atoms with Gasteiger partial charge in [0.05, 0.1) is 9.26 Å². The van der Waals surface area contributed by atoms with Crippen LogP contribution in [-0.2, 0) is 6.42 Å². The van der Waals surface area contributed by atoms with Crippen molar-refractivity contribution in [2.75, 3.05) is 11.9 Å². The Hall–Kier alpha value is -1.25. The lowest BCUT2D eigenvalue weighted by atomic mass is 10.1. The van der Waals surface area contributed by atoms with Crippen molar-refractivity contribution in [2.45, 2.75) is 27.2 Å². The zero-order chi connectivity index (χ0) is 13.8. The lowest BCUT2D eigenvalue weighted by molar-refractivity contribution is 0.632. The summed E-state index contributed by atoms with van der Waals surface area (Å²) >= 11 is 2.30. The van der Waals surface area contributed by atoms with E-state index in [2.05, 4.69) is 73.8 Å². The molecule has 0 aliphatic rings. The van der Waals surface area contributed by atoms with Crippen LogP contribution in [0.3, 0.4) is 0 Å². The van der Waals surface area contributed by atoms with Crippen molar-refractivity contribution in [3.63, 3.8) is 0 Å². The van der Waals surface area contributed by atoms with Gasteiger partial charge in [0.1, 0.15) is 12.1 Å². The number of hydrogen-bond donors (Lipinski definition) is 2. The first kappa shape index (κ1) is 14.2. The Bertz CT molecular complexity index is 537. The number of rotatable bonds is 5. The monoisotopic (exact) mass is 372 g/mol. The van der Waals surface area contributed by atoms with E-state index in [0.717, 1.165) is 28.0 Å². The number of hydrogen-bond acceptors (Lipinski definition) is 5. The molecule has 2 aromatic rings. The Morgan fingerprint density at radius 3 is 2.74 bits per heavy atom. The first-order valence-corrected chi connectivity index (χ1v) is 7.35. The van der Waals surface area contributed by atoms with Crippen LogP contribution in [0, 0.1) is 9.49 Å². The zero-order valence-corrected chi connectivity index (χ0v) is 13.4. The van der Waals surface area contributed by atoms with E-state index >= 15 is 0 Å². The molecule has 0 aliphatic carbocycles. The molecule has 2 aromatic heterocycles. The van der Waals surface area contributed by atoms with Gasteiger partial charge in [0.2, 0.25) is 0 Å². The maximum atomic E-state index is 4.61. The molecule has 6 nitrogen and oxygen atoms in total. The highest BCUT2D eigenvalue weighted by molar-refractivity contribution is 14.1. The molecule has 0 saturated heterocycles. The molecule has 0 spiro atoms. The van der Waals surface area contributed by atoms with Gasteiger partial charge in [-0.15, -0.1) is 0 Å². The van der Waals surface area contributed by atoms with Crippen molar-refractivity contribution in [1.82, 2.24) is 25.1 Å². The summed E-state index contributed by atoms with van der Waals surface area (Å²) in [4.78, 5) is 13.2.